The van der Waals surface area contributed by atoms with Crippen LogP contribution >= 0.6 is 0 Å². The molecule has 0 radical (unpaired) electrons. The van der Waals surface area contributed by atoms with Crippen molar-refractivity contribution in [3.8, 4) is 0 Å². The molecule has 0 unspecified atom stereocenters. The summed E-state index contributed by atoms with van der Waals surface area (Å²) in [7, 11) is 0. The van der Waals surface area contributed by atoms with Gasteiger partial charge in [-0.1, -0.05) is 13.8 Å². The van der Waals surface area contributed by atoms with Gasteiger partial charge in [-0.3, -0.25) is 14.4 Å². The molecule has 0 aliphatic carbocycles. The predicted octanol–water partition coefficient (Wildman–Crippen LogP) is 2.51. The topological polar surface area (TPSA) is 120 Å². The second kappa shape index (κ2) is 10.6. The molecule has 2 aromatic heterocycles. The molecule has 31 heavy (non-hydrogen) atoms. The third-order valence-corrected chi connectivity index (χ3v) is 4.36. The van der Waals surface area contributed by atoms with Gasteiger partial charge in [-0.15, -0.1) is 0 Å². The number of pyridine rings is 1. The van der Waals surface area contributed by atoms with Gasteiger partial charge in [0.25, 0.3) is 11.8 Å². The standard InChI is InChI=1S/C22H29N3O6/c1-6-30-22(29)18-8-7-15(31-18)10-24-21(28)17-12-25(14(4)5)11-16(19(17)26)20(27)23-9-13(2)3/h7-8,11-14H,6,9-10H2,1-5H3,(H,23,27)(H,24,28). The zero-order valence-electron chi connectivity index (χ0n) is 18.5. The molecule has 168 valence electrons. The Kier molecular flexibility index (Phi) is 8.18. The Morgan fingerprint density at radius 1 is 1.03 bits per heavy atom. The summed E-state index contributed by atoms with van der Waals surface area (Å²) in [5.41, 5.74) is -0.894. The van der Waals surface area contributed by atoms with Crippen LogP contribution in [0.15, 0.2) is 33.7 Å². The van der Waals surface area contributed by atoms with Crippen molar-refractivity contribution in [2.45, 2.75) is 47.2 Å². The number of nitrogens with zero attached hydrogens (tertiary/aromatic N) is 1. The number of aromatic nitrogens is 1. The van der Waals surface area contributed by atoms with Gasteiger partial charge < -0.3 is 24.4 Å². The minimum Gasteiger partial charge on any atom is -0.460 e. The second-order valence-electron chi connectivity index (χ2n) is 7.73. The SMILES string of the molecule is CCOC(=O)c1ccc(CNC(=O)c2cn(C(C)C)cc(C(=O)NCC(C)C)c2=O)o1. The van der Waals surface area contributed by atoms with Crippen molar-refractivity contribution < 1.29 is 23.5 Å². The van der Waals surface area contributed by atoms with E-state index in [1.165, 1.54) is 24.5 Å². The molecular weight excluding hydrogens is 402 g/mol. The number of nitrogens with one attached hydrogen (secondary N) is 2. The molecule has 0 aliphatic heterocycles. The average molecular weight is 431 g/mol. The van der Waals surface area contributed by atoms with E-state index in [-0.39, 0.29) is 42.0 Å². The molecule has 0 atom stereocenters. The van der Waals surface area contributed by atoms with E-state index in [4.69, 9.17) is 9.15 Å². The first-order chi connectivity index (χ1) is 14.6. The fourth-order valence-electron chi connectivity index (χ4n) is 2.66. The van der Waals surface area contributed by atoms with Crippen LogP contribution in [0.5, 0.6) is 0 Å². The van der Waals surface area contributed by atoms with Gasteiger partial charge in [-0.25, -0.2) is 4.79 Å². The predicted molar refractivity (Wildman–Crippen MR) is 114 cm³/mol. The van der Waals surface area contributed by atoms with Crippen LogP contribution in [0, 0.1) is 5.92 Å². The average Bonchev–Trinajstić information content (AvgIpc) is 3.19. The maximum absolute atomic E-state index is 12.8. The Hall–Kier alpha value is -3.36. The molecule has 0 aromatic carbocycles. The van der Waals surface area contributed by atoms with Crippen molar-refractivity contribution in [2.24, 2.45) is 5.92 Å². The van der Waals surface area contributed by atoms with Crippen LogP contribution in [0.2, 0.25) is 0 Å². The highest BCUT2D eigenvalue weighted by Gasteiger charge is 2.20. The highest BCUT2D eigenvalue weighted by molar-refractivity contribution is 5.99. The highest BCUT2D eigenvalue weighted by Crippen LogP contribution is 2.11. The van der Waals surface area contributed by atoms with Gasteiger partial charge in [0.15, 0.2) is 0 Å². The second-order valence-corrected chi connectivity index (χ2v) is 7.73. The molecule has 2 amide bonds. The van der Waals surface area contributed by atoms with E-state index >= 15 is 0 Å². The molecule has 2 heterocycles. The zero-order chi connectivity index (χ0) is 23.1. The number of rotatable bonds is 9. The molecule has 2 aromatic rings. The van der Waals surface area contributed by atoms with E-state index in [0.717, 1.165) is 0 Å². The van der Waals surface area contributed by atoms with E-state index in [1.807, 2.05) is 27.7 Å². The number of carbonyl (C=O) groups is 3. The molecule has 9 heteroatoms. The number of ether oxygens (including phenoxy) is 1. The Labute approximate surface area is 180 Å². The quantitative estimate of drug-likeness (QED) is 0.589. The molecule has 9 nitrogen and oxygen atoms in total. The highest BCUT2D eigenvalue weighted by atomic mass is 16.5. The summed E-state index contributed by atoms with van der Waals surface area (Å²) in [5, 5.41) is 5.30. The molecule has 0 aliphatic rings. The van der Waals surface area contributed by atoms with Crippen LogP contribution in [-0.4, -0.2) is 35.5 Å². The summed E-state index contributed by atoms with van der Waals surface area (Å²) in [6, 6.07) is 2.92. The molecular formula is C22H29N3O6. The van der Waals surface area contributed by atoms with Crippen LogP contribution in [0.3, 0.4) is 0 Å². The maximum Gasteiger partial charge on any atom is 0.374 e. The van der Waals surface area contributed by atoms with Gasteiger partial charge in [0, 0.05) is 25.0 Å². The zero-order valence-corrected chi connectivity index (χ0v) is 18.5. The van der Waals surface area contributed by atoms with E-state index in [9.17, 15) is 19.2 Å². The monoisotopic (exact) mass is 431 g/mol. The van der Waals surface area contributed by atoms with Crippen LogP contribution < -0.4 is 16.1 Å². The summed E-state index contributed by atoms with van der Waals surface area (Å²) >= 11 is 0. The largest absolute Gasteiger partial charge is 0.460 e. The Morgan fingerprint density at radius 2 is 1.65 bits per heavy atom. The third-order valence-electron chi connectivity index (χ3n) is 4.36. The molecule has 0 bridgehead atoms. The number of furan rings is 1. The van der Waals surface area contributed by atoms with E-state index in [2.05, 4.69) is 10.6 Å². The molecule has 0 fully saturated rings. The van der Waals surface area contributed by atoms with Crippen molar-refractivity contribution in [3.63, 3.8) is 0 Å². The molecule has 2 rings (SSSR count). The van der Waals surface area contributed by atoms with Gasteiger partial charge >= 0.3 is 5.97 Å². The van der Waals surface area contributed by atoms with Crippen molar-refractivity contribution in [3.05, 3.63) is 57.4 Å². The van der Waals surface area contributed by atoms with Crippen LogP contribution in [0.1, 0.15) is 77.7 Å². The Balaban J connectivity index is 2.22. The Morgan fingerprint density at radius 3 is 2.19 bits per heavy atom. The lowest BCUT2D eigenvalue weighted by Crippen LogP contribution is -2.36. The van der Waals surface area contributed by atoms with Crippen LogP contribution in [0.4, 0.5) is 0 Å². The van der Waals surface area contributed by atoms with Crippen molar-refractivity contribution in [2.75, 3.05) is 13.2 Å². The van der Waals surface area contributed by atoms with Crippen molar-refractivity contribution in [1.82, 2.24) is 15.2 Å². The third kappa shape index (κ3) is 6.31. The summed E-state index contributed by atoms with van der Waals surface area (Å²) in [6.45, 7) is 9.92. The van der Waals surface area contributed by atoms with E-state index in [0.29, 0.717) is 12.3 Å². The van der Waals surface area contributed by atoms with Gasteiger partial charge in [-0.2, -0.15) is 0 Å². The van der Waals surface area contributed by atoms with E-state index < -0.39 is 23.2 Å². The summed E-state index contributed by atoms with van der Waals surface area (Å²) < 4.78 is 11.9. The molecule has 2 N–H and O–H groups in total. The minimum atomic E-state index is -0.651. The normalized spacial score (nSPS) is 10.9. The lowest BCUT2D eigenvalue weighted by Gasteiger charge is -2.15. The number of amides is 2. The summed E-state index contributed by atoms with van der Waals surface area (Å²) in [6.07, 6.45) is 2.88. The van der Waals surface area contributed by atoms with Crippen LogP contribution in [-0.2, 0) is 11.3 Å². The lowest BCUT2D eigenvalue weighted by molar-refractivity contribution is 0.0488. The van der Waals surface area contributed by atoms with Crippen molar-refractivity contribution >= 4 is 17.8 Å². The number of carbonyl (C=O) groups excluding carboxylic acids is 3. The number of hydrogen-bond acceptors (Lipinski definition) is 6. The van der Waals surface area contributed by atoms with Gasteiger partial charge in [-0.05, 0) is 38.8 Å². The van der Waals surface area contributed by atoms with Crippen molar-refractivity contribution in [1.29, 1.82) is 0 Å². The number of esters is 1. The molecule has 0 saturated carbocycles. The van der Waals surface area contributed by atoms with Crippen LogP contribution in [0.25, 0.3) is 0 Å². The molecule has 0 spiro atoms. The van der Waals surface area contributed by atoms with Gasteiger partial charge in [0.1, 0.15) is 16.9 Å². The fourth-order valence-corrected chi connectivity index (χ4v) is 2.66. The summed E-state index contributed by atoms with van der Waals surface area (Å²) in [5.74, 6) is -1.20. The van der Waals surface area contributed by atoms with Gasteiger partial charge in [0.05, 0.1) is 13.2 Å². The van der Waals surface area contributed by atoms with Gasteiger partial charge in [0.2, 0.25) is 11.2 Å². The smallest absolute Gasteiger partial charge is 0.374 e. The number of hydrogen-bond donors (Lipinski definition) is 2. The first-order valence-corrected chi connectivity index (χ1v) is 10.2. The summed E-state index contributed by atoms with van der Waals surface area (Å²) in [4.78, 5) is 49.7. The minimum absolute atomic E-state index is 0.0251. The van der Waals surface area contributed by atoms with E-state index in [1.54, 1.807) is 11.5 Å². The first-order valence-electron chi connectivity index (χ1n) is 10.2. The first kappa shape index (κ1) is 23.9. The fraction of sp³-hybridized carbons (Fsp3) is 0.455. The lowest BCUT2D eigenvalue weighted by atomic mass is 10.1. The maximum atomic E-state index is 12.8. The molecule has 0 saturated heterocycles. The Bertz CT molecular complexity index is 1000.